The van der Waals surface area contributed by atoms with E-state index in [1.165, 1.54) is 14.0 Å². The van der Waals surface area contributed by atoms with E-state index >= 15 is 0 Å². The lowest BCUT2D eigenvalue weighted by Gasteiger charge is -2.47. The van der Waals surface area contributed by atoms with Crippen LogP contribution in [0.4, 0.5) is 0 Å². The summed E-state index contributed by atoms with van der Waals surface area (Å²) in [6, 6.07) is 0. The summed E-state index contributed by atoms with van der Waals surface area (Å²) in [4.78, 5) is 0. The second-order valence-corrected chi connectivity index (χ2v) is 8.07. The zero-order valence-corrected chi connectivity index (χ0v) is 17.4. The maximum absolute atomic E-state index is 10.6. The van der Waals surface area contributed by atoms with Crippen molar-refractivity contribution in [3.8, 4) is 0 Å². The van der Waals surface area contributed by atoms with Gasteiger partial charge in [0.15, 0.2) is 18.9 Å². The van der Waals surface area contributed by atoms with Crippen LogP contribution in [0.2, 0.25) is 0 Å². The topological polar surface area (TPSA) is 197 Å². The summed E-state index contributed by atoms with van der Waals surface area (Å²) in [6.07, 6.45) is -18.2. The minimum absolute atomic E-state index is 0.298. The molecule has 3 heterocycles. The number of aliphatic hydroxyl groups excluding tert-OH is 7. The third kappa shape index (κ3) is 5.04. The summed E-state index contributed by atoms with van der Waals surface area (Å²) in [5.41, 5.74) is 0. The van der Waals surface area contributed by atoms with Crippen LogP contribution in [-0.2, 0) is 28.4 Å². The number of rotatable bonds is 5. The molecule has 182 valence electrons. The van der Waals surface area contributed by atoms with Gasteiger partial charge in [-0.1, -0.05) is 0 Å². The Hall–Kier alpha value is -0.520. The Bertz CT molecular complexity index is 579. The van der Waals surface area contributed by atoms with E-state index in [4.69, 9.17) is 28.4 Å². The first kappa shape index (κ1) is 25.1. The molecular formula is C18H32O13. The molecule has 31 heavy (non-hydrogen) atoms. The molecule has 0 unspecified atom stereocenters. The Morgan fingerprint density at radius 3 is 1.81 bits per heavy atom. The fourth-order valence-corrected chi connectivity index (χ4v) is 3.85. The Labute approximate surface area is 178 Å². The molecule has 0 amide bonds. The van der Waals surface area contributed by atoms with Crippen LogP contribution in [0.3, 0.4) is 0 Å². The lowest BCUT2D eigenvalue weighted by molar-refractivity contribution is -0.374. The van der Waals surface area contributed by atoms with E-state index in [-0.39, 0.29) is 6.61 Å². The average Bonchev–Trinajstić information content (AvgIpc) is 2.74. The monoisotopic (exact) mass is 456 g/mol. The minimum Gasteiger partial charge on any atom is -0.388 e. The van der Waals surface area contributed by atoms with Crippen LogP contribution in [0.25, 0.3) is 0 Å². The number of methoxy groups -OCH3 is 1. The summed E-state index contributed by atoms with van der Waals surface area (Å²) in [6.45, 7) is 2.76. The summed E-state index contributed by atoms with van der Waals surface area (Å²) in [5.74, 6) is 0. The van der Waals surface area contributed by atoms with Crippen LogP contribution in [0.15, 0.2) is 0 Å². The van der Waals surface area contributed by atoms with Crippen molar-refractivity contribution in [2.45, 2.75) is 99.9 Å². The van der Waals surface area contributed by atoms with Crippen LogP contribution in [0, 0.1) is 0 Å². The molecule has 0 aromatic heterocycles. The molecule has 13 heteroatoms. The van der Waals surface area contributed by atoms with Crippen LogP contribution < -0.4 is 0 Å². The molecule has 0 aliphatic carbocycles. The normalized spacial score (nSPS) is 54.0. The summed E-state index contributed by atoms with van der Waals surface area (Å²) < 4.78 is 32.5. The van der Waals surface area contributed by atoms with Gasteiger partial charge in [0.1, 0.15) is 54.9 Å². The highest BCUT2D eigenvalue weighted by molar-refractivity contribution is 4.93. The van der Waals surface area contributed by atoms with Gasteiger partial charge in [-0.2, -0.15) is 0 Å². The predicted octanol–water partition coefficient (Wildman–Crippen LogP) is -4.22. The van der Waals surface area contributed by atoms with Crippen molar-refractivity contribution in [3.63, 3.8) is 0 Å². The van der Waals surface area contributed by atoms with Gasteiger partial charge in [0.05, 0.1) is 18.8 Å². The largest absolute Gasteiger partial charge is 0.388 e. The first-order chi connectivity index (χ1) is 14.6. The molecule has 7 N–H and O–H groups in total. The van der Waals surface area contributed by atoms with Crippen molar-refractivity contribution < 1.29 is 64.2 Å². The van der Waals surface area contributed by atoms with Crippen molar-refractivity contribution >= 4 is 0 Å². The highest BCUT2D eigenvalue weighted by Crippen LogP contribution is 2.31. The van der Waals surface area contributed by atoms with Gasteiger partial charge in [-0.25, -0.2) is 0 Å². The molecule has 0 radical (unpaired) electrons. The second-order valence-electron chi connectivity index (χ2n) is 8.07. The van der Waals surface area contributed by atoms with Crippen LogP contribution in [0.5, 0.6) is 0 Å². The van der Waals surface area contributed by atoms with E-state index in [2.05, 4.69) is 0 Å². The third-order valence-corrected chi connectivity index (χ3v) is 5.83. The fourth-order valence-electron chi connectivity index (χ4n) is 3.85. The molecule has 0 bridgehead atoms. The van der Waals surface area contributed by atoms with Gasteiger partial charge in [-0.3, -0.25) is 0 Å². The number of hydrogen-bond donors (Lipinski definition) is 7. The molecule has 0 spiro atoms. The highest BCUT2D eigenvalue weighted by Gasteiger charge is 2.51. The zero-order chi connectivity index (χ0) is 23.0. The van der Waals surface area contributed by atoms with Crippen molar-refractivity contribution in [2.75, 3.05) is 13.7 Å². The molecular weight excluding hydrogens is 424 g/mol. The molecule has 3 rings (SSSR count). The number of hydrogen-bond acceptors (Lipinski definition) is 13. The van der Waals surface area contributed by atoms with Gasteiger partial charge in [-0.15, -0.1) is 0 Å². The van der Waals surface area contributed by atoms with E-state index in [1.807, 2.05) is 0 Å². The van der Waals surface area contributed by atoms with E-state index < -0.39 is 86.0 Å². The Kier molecular flexibility index (Phi) is 8.24. The van der Waals surface area contributed by atoms with Gasteiger partial charge >= 0.3 is 0 Å². The molecule has 3 aliphatic rings. The molecule has 3 fully saturated rings. The van der Waals surface area contributed by atoms with Gasteiger partial charge < -0.3 is 64.2 Å². The Morgan fingerprint density at radius 1 is 0.613 bits per heavy atom. The highest BCUT2D eigenvalue weighted by atomic mass is 16.8. The molecule has 0 saturated carbocycles. The van der Waals surface area contributed by atoms with Crippen LogP contribution in [-0.4, -0.2) is 135 Å². The van der Waals surface area contributed by atoms with E-state index in [0.717, 1.165) is 0 Å². The Balaban J connectivity index is 1.65. The third-order valence-electron chi connectivity index (χ3n) is 5.83. The maximum Gasteiger partial charge on any atom is 0.187 e. The summed E-state index contributed by atoms with van der Waals surface area (Å²) in [5, 5.41) is 70.8. The van der Waals surface area contributed by atoms with Gasteiger partial charge in [-0.05, 0) is 13.8 Å². The van der Waals surface area contributed by atoms with Crippen LogP contribution in [0.1, 0.15) is 13.8 Å². The maximum atomic E-state index is 10.6. The molecule has 0 aromatic carbocycles. The smallest absolute Gasteiger partial charge is 0.187 e. The first-order valence-electron chi connectivity index (χ1n) is 10.1. The molecule has 13 nitrogen and oxygen atoms in total. The first-order valence-corrected chi connectivity index (χ1v) is 10.1. The van der Waals surface area contributed by atoms with E-state index in [1.54, 1.807) is 6.92 Å². The van der Waals surface area contributed by atoms with Gasteiger partial charge in [0.25, 0.3) is 0 Å². The van der Waals surface area contributed by atoms with E-state index in [0.29, 0.717) is 0 Å². The molecule has 14 atom stereocenters. The quantitative estimate of drug-likeness (QED) is 0.210. The Morgan fingerprint density at radius 2 is 1.16 bits per heavy atom. The van der Waals surface area contributed by atoms with Gasteiger partial charge in [0.2, 0.25) is 0 Å². The van der Waals surface area contributed by atoms with Crippen molar-refractivity contribution in [3.05, 3.63) is 0 Å². The lowest BCUT2D eigenvalue weighted by Crippen LogP contribution is -2.64. The van der Waals surface area contributed by atoms with Crippen molar-refractivity contribution in [2.24, 2.45) is 0 Å². The van der Waals surface area contributed by atoms with Crippen molar-refractivity contribution in [1.82, 2.24) is 0 Å². The SMILES string of the molecule is CO[C@@H]1O[C@H](C)[C@H](O)[C@H](O)[C@H]1O[C@@H]1O[C@@H](C)[C@H](O[C@@H]2OC[C@@H](O)[C@H](O)[C@H]2O)[C@@H](O)[C@H]1O. The summed E-state index contributed by atoms with van der Waals surface area (Å²) in [7, 11) is 1.32. The number of ether oxygens (including phenoxy) is 6. The average molecular weight is 456 g/mol. The standard InChI is InChI=1S/C18H32O13/c1-5-8(20)10(22)15(18(26-3)28-5)31-17-13(25)11(23)14(6(2)29-17)30-16-12(24)9(21)7(19)4-27-16/h5-25H,4H2,1-3H3/t5-,6+,7-,8+,9+,10+,11+,12-,13-,14+,15-,16+,17+,18-/m1/s1. The van der Waals surface area contributed by atoms with E-state index in [9.17, 15) is 35.7 Å². The predicted molar refractivity (Wildman–Crippen MR) is 97.2 cm³/mol. The minimum atomic E-state index is -1.65. The van der Waals surface area contributed by atoms with Crippen molar-refractivity contribution in [1.29, 1.82) is 0 Å². The van der Waals surface area contributed by atoms with Gasteiger partial charge in [0, 0.05) is 7.11 Å². The summed E-state index contributed by atoms with van der Waals surface area (Å²) >= 11 is 0. The zero-order valence-electron chi connectivity index (χ0n) is 17.4. The fraction of sp³-hybridized carbons (Fsp3) is 1.00. The molecule has 3 saturated heterocycles. The van der Waals surface area contributed by atoms with Crippen LogP contribution >= 0.6 is 0 Å². The number of aliphatic hydroxyl groups is 7. The molecule has 3 aliphatic heterocycles. The second kappa shape index (κ2) is 10.2. The molecule has 0 aromatic rings. The lowest BCUT2D eigenvalue weighted by atomic mass is 9.97.